The first-order valence-electron chi connectivity index (χ1n) is 5.02. The lowest BCUT2D eigenvalue weighted by Crippen LogP contribution is -2.59. The molecule has 0 bridgehead atoms. The maximum absolute atomic E-state index is 11.4. The molecule has 1 saturated heterocycles. The molecular weight excluding hydrogens is 212 g/mol. The first-order valence-corrected chi connectivity index (χ1v) is 5.02. The molecule has 0 radical (unpaired) electrons. The molecule has 88 valence electrons. The van der Waals surface area contributed by atoms with Crippen molar-refractivity contribution in [2.24, 2.45) is 0 Å². The first-order chi connectivity index (χ1) is 7.68. The quantitative estimate of drug-likeness (QED) is 0.547. The maximum atomic E-state index is 11.4. The fourth-order valence-corrected chi connectivity index (χ4v) is 1.30. The van der Waals surface area contributed by atoms with E-state index >= 15 is 0 Å². The minimum atomic E-state index is -0.205. The van der Waals surface area contributed by atoms with Crippen molar-refractivity contribution >= 4 is 5.91 Å². The molecule has 0 unspecified atom stereocenters. The average molecular weight is 226 g/mol. The summed E-state index contributed by atoms with van der Waals surface area (Å²) in [5.74, 6) is 0.266. The van der Waals surface area contributed by atoms with Gasteiger partial charge in [-0.25, -0.2) is 0 Å². The van der Waals surface area contributed by atoms with Crippen LogP contribution >= 0.6 is 0 Å². The molecule has 1 fully saturated rings. The molecule has 2 rings (SSSR count). The van der Waals surface area contributed by atoms with Gasteiger partial charge in [0.15, 0.2) is 5.82 Å². The summed E-state index contributed by atoms with van der Waals surface area (Å²) in [5, 5.41) is 18.8. The van der Waals surface area contributed by atoms with Crippen LogP contribution in [0.1, 0.15) is 12.7 Å². The van der Waals surface area contributed by atoms with Crippen LogP contribution in [0.3, 0.4) is 0 Å². The number of carbonyl (C=O) groups is 1. The van der Waals surface area contributed by atoms with Gasteiger partial charge in [0.1, 0.15) is 6.61 Å². The van der Waals surface area contributed by atoms with Gasteiger partial charge in [0.05, 0.1) is 12.1 Å². The number of hydrogen-bond donors (Lipinski definition) is 3. The van der Waals surface area contributed by atoms with E-state index in [1.165, 1.54) is 0 Å². The smallest absolute Gasteiger partial charge is 0.246 e. The number of rotatable bonds is 5. The number of aromatic amines is 1. The van der Waals surface area contributed by atoms with Gasteiger partial charge in [-0.05, 0) is 6.92 Å². The van der Waals surface area contributed by atoms with Crippen LogP contribution in [-0.4, -0.2) is 51.8 Å². The van der Waals surface area contributed by atoms with E-state index in [0.29, 0.717) is 5.82 Å². The highest BCUT2D eigenvalue weighted by Crippen LogP contribution is 2.14. The normalized spacial score (nSPS) is 17.8. The summed E-state index contributed by atoms with van der Waals surface area (Å²) in [4.78, 5) is 11.4. The molecule has 0 spiro atoms. The Morgan fingerprint density at radius 3 is 3.00 bits per heavy atom. The second-order valence-electron chi connectivity index (χ2n) is 3.95. The Labute approximate surface area is 92.1 Å². The number of nitrogens with one attached hydrogen (secondary N) is 3. The summed E-state index contributed by atoms with van der Waals surface area (Å²) < 4.78 is 5.46. The lowest BCUT2D eigenvalue weighted by atomic mass is 10.0. The number of hydrogen-bond acceptors (Lipinski definition) is 6. The minimum Gasteiger partial charge on any atom is -0.363 e. The molecule has 3 N–H and O–H groups in total. The summed E-state index contributed by atoms with van der Waals surface area (Å²) >= 11 is 0. The third-order valence-corrected chi connectivity index (χ3v) is 2.38. The SMILES string of the molecule is CC1(OCC(=O)NCc2nn[nH]n2)CNC1. The predicted octanol–water partition coefficient (Wildman–Crippen LogP) is -1.81. The molecular formula is C8H14N6O2. The summed E-state index contributed by atoms with van der Waals surface area (Å²) in [6.07, 6.45) is 0. The van der Waals surface area contributed by atoms with E-state index in [2.05, 4.69) is 31.3 Å². The van der Waals surface area contributed by atoms with Gasteiger partial charge in [-0.3, -0.25) is 4.79 Å². The Bertz CT molecular complexity index is 347. The van der Waals surface area contributed by atoms with E-state index in [1.54, 1.807) is 0 Å². The summed E-state index contributed by atoms with van der Waals surface area (Å²) in [7, 11) is 0. The van der Waals surface area contributed by atoms with Crippen molar-refractivity contribution < 1.29 is 9.53 Å². The number of tetrazole rings is 1. The van der Waals surface area contributed by atoms with Gasteiger partial charge in [0.25, 0.3) is 0 Å². The highest BCUT2D eigenvalue weighted by molar-refractivity contribution is 5.77. The molecule has 0 aromatic carbocycles. The molecule has 8 heteroatoms. The molecule has 0 saturated carbocycles. The van der Waals surface area contributed by atoms with Crippen molar-refractivity contribution in [2.45, 2.75) is 19.1 Å². The van der Waals surface area contributed by atoms with Gasteiger partial charge in [-0.2, -0.15) is 5.21 Å². The van der Waals surface area contributed by atoms with Gasteiger partial charge >= 0.3 is 0 Å². The molecule has 1 aromatic heterocycles. The van der Waals surface area contributed by atoms with Crippen molar-refractivity contribution in [1.82, 2.24) is 31.3 Å². The fraction of sp³-hybridized carbons (Fsp3) is 0.750. The molecule has 0 atom stereocenters. The predicted molar refractivity (Wildman–Crippen MR) is 53.3 cm³/mol. The second kappa shape index (κ2) is 4.54. The topological polar surface area (TPSA) is 105 Å². The van der Waals surface area contributed by atoms with Crippen molar-refractivity contribution in [1.29, 1.82) is 0 Å². The summed E-state index contributed by atoms with van der Waals surface area (Å²) in [6.45, 7) is 3.84. The zero-order chi connectivity index (χ0) is 11.4. The number of nitrogens with zero attached hydrogens (tertiary/aromatic N) is 3. The Morgan fingerprint density at radius 1 is 1.62 bits per heavy atom. The van der Waals surface area contributed by atoms with Gasteiger partial charge in [0, 0.05) is 13.1 Å². The Kier molecular flexibility index (Phi) is 3.11. The number of amides is 1. The van der Waals surface area contributed by atoms with E-state index in [1.807, 2.05) is 6.92 Å². The van der Waals surface area contributed by atoms with Crippen molar-refractivity contribution in [3.05, 3.63) is 5.82 Å². The van der Waals surface area contributed by atoms with E-state index in [-0.39, 0.29) is 24.7 Å². The lowest BCUT2D eigenvalue weighted by Gasteiger charge is -2.38. The van der Waals surface area contributed by atoms with Crippen molar-refractivity contribution in [3.63, 3.8) is 0 Å². The van der Waals surface area contributed by atoms with E-state index in [9.17, 15) is 4.79 Å². The molecule has 0 aliphatic carbocycles. The first kappa shape index (κ1) is 11.0. The van der Waals surface area contributed by atoms with Crippen molar-refractivity contribution in [3.8, 4) is 0 Å². The van der Waals surface area contributed by atoms with Crippen LogP contribution in [0.25, 0.3) is 0 Å². The number of aromatic nitrogens is 4. The number of ether oxygens (including phenoxy) is 1. The fourth-order valence-electron chi connectivity index (χ4n) is 1.30. The van der Waals surface area contributed by atoms with Crippen LogP contribution in [0.15, 0.2) is 0 Å². The van der Waals surface area contributed by atoms with Gasteiger partial charge in [-0.1, -0.05) is 5.21 Å². The summed E-state index contributed by atoms with van der Waals surface area (Å²) in [5.41, 5.74) is -0.205. The zero-order valence-electron chi connectivity index (χ0n) is 8.99. The molecule has 16 heavy (non-hydrogen) atoms. The second-order valence-corrected chi connectivity index (χ2v) is 3.95. The molecule has 2 heterocycles. The van der Waals surface area contributed by atoms with Gasteiger partial charge in [0.2, 0.25) is 5.91 Å². The average Bonchev–Trinajstić information content (AvgIpc) is 2.73. The minimum absolute atomic E-state index is 0.0516. The Balaban J connectivity index is 1.65. The zero-order valence-corrected chi connectivity index (χ0v) is 8.99. The molecule has 1 aromatic rings. The number of carbonyl (C=O) groups excluding carboxylic acids is 1. The van der Waals surface area contributed by atoms with E-state index < -0.39 is 0 Å². The highest BCUT2D eigenvalue weighted by Gasteiger charge is 2.32. The Hall–Kier alpha value is -1.54. The monoisotopic (exact) mass is 226 g/mol. The van der Waals surface area contributed by atoms with Crippen LogP contribution in [0.2, 0.25) is 0 Å². The highest BCUT2D eigenvalue weighted by atomic mass is 16.5. The van der Waals surface area contributed by atoms with Crippen LogP contribution in [0.5, 0.6) is 0 Å². The molecule has 8 nitrogen and oxygen atoms in total. The van der Waals surface area contributed by atoms with Gasteiger partial charge < -0.3 is 15.4 Å². The third kappa shape index (κ3) is 2.74. The van der Waals surface area contributed by atoms with Crippen LogP contribution in [-0.2, 0) is 16.1 Å². The van der Waals surface area contributed by atoms with E-state index in [0.717, 1.165) is 13.1 Å². The standard InChI is InChI=1S/C8H14N6O2/c1-8(4-9-5-8)16-3-7(15)10-2-6-11-13-14-12-6/h9H,2-5H2,1H3,(H,10,15)(H,11,12,13,14). The van der Waals surface area contributed by atoms with Gasteiger partial charge in [-0.15, -0.1) is 10.2 Å². The molecule has 1 amide bonds. The number of H-pyrrole nitrogens is 1. The van der Waals surface area contributed by atoms with Crippen molar-refractivity contribution in [2.75, 3.05) is 19.7 Å². The molecule has 1 aliphatic heterocycles. The lowest BCUT2D eigenvalue weighted by molar-refractivity contribution is -0.136. The third-order valence-electron chi connectivity index (χ3n) is 2.38. The van der Waals surface area contributed by atoms with Crippen LogP contribution < -0.4 is 10.6 Å². The molecule has 1 aliphatic rings. The maximum Gasteiger partial charge on any atom is 0.246 e. The Morgan fingerprint density at radius 2 is 2.44 bits per heavy atom. The van der Waals surface area contributed by atoms with Crippen LogP contribution in [0, 0.1) is 0 Å². The van der Waals surface area contributed by atoms with E-state index in [4.69, 9.17) is 4.74 Å². The largest absolute Gasteiger partial charge is 0.363 e. The summed E-state index contributed by atoms with van der Waals surface area (Å²) in [6, 6.07) is 0. The van der Waals surface area contributed by atoms with Crippen LogP contribution in [0.4, 0.5) is 0 Å².